The van der Waals surface area contributed by atoms with Crippen LogP contribution in [0.1, 0.15) is 17.0 Å². The molecule has 0 saturated heterocycles. The van der Waals surface area contributed by atoms with E-state index in [-0.39, 0.29) is 0 Å². The Labute approximate surface area is 201 Å². The lowest BCUT2D eigenvalue weighted by atomic mass is 10.2. The van der Waals surface area contributed by atoms with E-state index in [1.807, 2.05) is 65.4 Å². The van der Waals surface area contributed by atoms with Crippen molar-refractivity contribution in [2.75, 3.05) is 14.2 Å². The minimum absolute atomic E-state index is 0.419. The molecule has 0 atom stereocenters. The number of benzene rings is 2. The number of nitriles is 1. The fourth-order valence-corrected chi connectivity index (χ4v) is 3.38. The van der Waals surface area contributed by atoms with Gasteiger partial charge in [0.25, 0.3) is 0 Å². The average molecular weight is 470 g/mol. The van der Waals surface area contributed by atoms with Crippen molar-refractivity contribution in [3.63, 3.8) is 0 Å². The first-order chi connectivity index (χ1) is 17.2. The number of ether oxygens (including phenoxy) is 2. The van der Waals surface area contributed by atoms with E-state index in [0.717, 1.165) is 22.6 Å². The number of nitrogens with one attached hydrogen (secondary N) is 1. The molecule has 11 nitrogen and oxygen atoms in total. The van der Waals surface area contributed by atoms with Crippen LogP contribution in [0.25, 0.3) is 11.6 Å². The Bertz CT molecular complexity index is 1400. The van der Waals surface area contributed by atoms with Crippen LogP contribution < -0.4 is 9.47 Å². The van der Waals surface area contributed by atoms with Gasteiger partial charge in [0.05, 0.1) is 14.2 Å². The Hall–Kier alpha value is -4.98. The predicted molar refractivity (Wildman–Crippen MR) is 127 cm³/mol. The molecule has 0 aliphatic rings. The maximum atomic E-state index is 8.83. The first-order valence-electron chi connectivity index (χ1n) is 10.6. The summed E-state index contributed by atoms with van der Waals surface area (Å²) in [5.41, 5.74) is 2.19. The largest absolute Gasteiger partial charge is 0.497 e. The lowest BCUT2D eigenvalue weighted by molar-refractivity contribution is 0.414. The summed E-state index contributed by atoms with van der Waals surface area (Å²) in [6, 6.07) is 17.7. The van der Waals surface area contributed by atoms with Gasteiger partial charge in [-0.2, -0.15) is 10.5 Å². The Balaban J connectivity index is 0.000000168. The number of aromatic nitrogens is 8. The lowest BCUT2D eigenvalue weighted by Gasteiger charge is -2.07. The second-order valence-electron chi connectivity index (χ2n) is 7.31. The Kier molecular flexibility index (Phi) is 7.45. The van der Waals surface area contributed by atoms with Crippen LogP contribution in [0.4, 0.5) is 0 Å². The topological polar surface area (TPSA) is 132 Å². The molecular weight excluding hydrogens is 446 g/mol. The highest BCUT2D eigenvalue weighted by Gasteiger charge is 2.10. The molecule has 0 saturated carbocycles. The molecule has 0 unspecified atom stereocenters. The van der Waals surface area contributed by atoms with Gasteiger partial charge in [-0.25, -0.2) is 9.97 Å². The molecule has 2 aromatic carbocycles. The van der Waals surface area contributed by atoms with E-state index in [0.29, 0.717) is 30.6 Å². The zero-order valence-corrected chi connectivity index (χ0v) is 19.2. The third-order valence-electron chi connectivity index (χ3n) is 5.05. The summed E-state index contributed by atoms with van der Waals surface area (Å²) < 4.78 is 14.1. The van der Waals surface area contributed by atoms with Gasteiger partial charge in [0.2, 0.25) is 11.6 Å². The Morgan fingerprint density at radius 1 is 0.886 bits per heavy atom. The number of H-pyrrole nitrogens is 1. The normalized spacial score (nSPS) is 10.2. The Morgan fingerprint density at radius 2 is 1.51 bits per heavy atom. The highest BCUT2D eigenvalue weighted by atomic mass is 16.5. The van der Waals surface area contributed by atoms with E-state index in [9.17, 15) is 0 Å². The molecule has 0 aliphatic heterocycles. The first kappa shape index (κ1) is 23.2. The van der Waals surface area contributed by atoms with Crippen LogP contribution in [0.15, 0.2) is 73.3 Å². The summed E-state index contributed by atoms with van der Waals surface area (Å²) in [5.74, 6) is 3.22. The second kappa shape index (κ2) is 11.2. The van der Waals surface area contributed by atoms with Crippen molar-refractivity contribution in [3.05, 3.63) is 90.3 Å². The predicted octanol–water partition coefficient (Wildman–Crippen LogP) is 2.93. The SMILES string of the molecule is COc1cccc(Cn2ccnc2-c2nn[nH]n2)c1.COc1cccc(Cn2ccnc2C#N)c1. The molecular formula is C24H23N9O2. The molecule has 3 heterocycles. The highest BCUT2D eigenvalue weighted by molar-refractivity contribution is 5.42. The first-order valence-corrected chi connectivity index (χ1v) is 10.6. The highest BCUT2D eigenvalue weighted by Crippen LogP contribution is 2.17. The van der Waals surface area contributed by atoms with Crippen molar-refractivity contribution >= 4 is 0 Å². The molecule has 0 fully saturated rings. The van der Waals surface area contributed by atoms with E-state index in [1.165, 1.54) is 0 Å². The minimum Gasteiger partial charge on any atom is -0.497 e. The molecule has 5 aromatic rings. The van der Waals surface area contributed by atoms with Gasteiger partial charge in [-0.1, -0.05) is 24.3 Å². The summed E-state index contributed by atoms with van der Waals surface area (Å²) in [7, 11) is 3.29. The van der Waals surface area contributed by atoms with Gasteiger partial charge in [0.15, 0.2) is 5.82 Å². The molecule has 0 amide bonds. The lowest BCUT2D eigenvalue weighted by Crippen LogP contribution is -2.02. The molecule has 0 bridgehead atoms. The van der Waals surface area contributed by atoms with E-state index < -0.39 is 0 Å². The number of aromatic amines is 1. The van der Waals surface area contributed by atoms with E-state index in [1.54, 1.807) is 37.4 Å². The quantitative estimate of drug-likeness (QED) is 0.385. The van der Waals surface area contributed by atoms with E-state index in [4.69, 9.17) is 14.7 Å². The number of tetrazole rings is 1. The number of methoxy groups -OCH3 is 2. The summed E-state index contributed by atoms with van der Waals surface area (Å²) >= 11 is 0. The molecule has 5 rings (SSSR count). The van der Waals surface area contributed by atoms with Gasteiger partial charge < -0.3 is 18.6 Å². The van der Waals surface area contributed by atoms with Gasteiger partial charge >= 0.3 is 0 Å². The Morgan fingerprint density at radius 3 is 2.11 bits per heavy atom. The maximum absolute atomic E-state index is 8.83. The van der Waals surface area contributed by atoms with Crippen molar-refractivity contribution in [2.45, 2.75) is 13.1 Å². The van der Waals surface area contributed by atoms with Gasteiger partial charge in [0, 0.05) is 37.9 Å². The zero-order chi connectivity index (χ0) is 24.5. The fraction of sp³-hybridized carbons (Fsp3) is 0.167. The number of hydrogen-bond acceptors (Lipinski definition) is 8. The van der Waals surface area contributed by atoms with E-state index >= 15 is 0 Å². The van der Waals surface area contributed by atoms with E-state index in [2.05, 4.69) is 30.6 Å². The second-order valence-corrected chi connectivity index (χ2v) is 7.31. The molecule has 0 radical (unpaired) electrons. The third kappa shape index (κ3) is 5.88. The molecule has 3 aromatic heterocycles. The molecule has 176 valence electrons. The van der Waals surface area contributed by atoms with Crippen LogP contribution in [-0.2, 0) is 13.1 Å². The van der Waals surface area contributed by atoms with Crippen molar-refractivity contribution in [3.8, 4) is 29.2 Å². The fourth-order valence-electron chi connectivity index (χ4n) is 3.38. The van der Waals surface area contributed by atoms with Crippen LogP contribution in [0.5, 0.6) is 11.5 Å². The zero-order valence-electron chi connectivity index (χ0n) is 19.2. The number of rotatable bonds is 7. The van der Waals surface area contributed by atoms with Crippen LogP contribution in [0.2, 0.25) is 0 Å². The van der Waals surface area contributed by atoms with Gasteiger partial charge in [-0.05, 0) is 40.6 Å². The third-order valence-corrected chi connectivity index (χ3v) is 5.05. The van der Waals surface area contributed by atoms with Crippen molar-refractivity contribution in [2.24, 2.45) is 0 Å². The van der Waals surface area contributed by atoms with Crippen molar-refractivity contribution in [1.29, 1.82) is 5.26 Å². The summed E-state index contributed by atoms with van der Waals surface area (Å²) in [6.45, 7) is 1.29. The molecule has 1 N–H and O–H groups in total. The van der Waals surface area contributed by atoms with Crippen LogP contribution in [0, 0.1) is 11.3 Å². The summed E-state index contributed by atoms with van der Waals surface area (Å²) in [4.78, 5) is 8.19. The van der Waals surface area contributed by atoms with Gasteiger partial charge in [-0.15, -0.1) is 10.2 Å². The smallest absolute Gasteiger partial charge is 0.240 e. The molecule has 35 heavy (non-hydrogen) atoms. The minimum atomic E-state index is 0.419. The van der Waals surface area contributed by atoms with Gasteiger partial charge in [0.1, 0.15) is 17.6 Å². The number of imidazole rings is 2. The van der Waals surface area contributed by atoms with Crippen molar-refractivity contribution < 1.29 is 9.47 Å². The summed E-state index contributed by atoms with van der Waals surface area (Å²) in [6.07, 6.45) is 7.01. The molecule has 0 aliphatic carbocycles. The van der Waals surface area contributed by atoms with Gasteiger partial charge in [-0.3, -0.25) is 0 Å². The maximum Gasteiger partial charge on any atom is 0.240 e. The van der Waals surface area contributed by atoms with Crippen LogP contribution >= 0.6 is 0 Å². The standard InChI is InChI=1S/C12H12N6O.C12H11N3O/c1-19-10-4-2-3-9(7-10)8-18-6-5-13-12(18)11-14-16-17-15-11;1-16-11-4-2-3-10(7-11)9-15-6-5-14-12(15)8-13/h2-7H,8H2,1H3,(H,14,15,16,17);2-7H,9H2,1H3. The monoisotopic (exact) mass is 469 g/mol. The molecule has 11 heteroatoms. The van der Waals surface area contributed by atoms with Crippen LogP contribution in [-0.4, -0.2) is 53.9 Å². The number of hydrogen-bond donors (Lipinski definition) is 1. The summed E-state index contributed by atoms with van der Waals surface area (Å²) in [5, 5.41) is 22.7. The average Bonchev–Trinajstić information content (AvgIpc) is 3.67. The van der Waals surface area contributed by atoms with Crippen LogP contribution in [0.3, 0.4) is 0 Å². The number of nitrogens with zero attached hydrogens (tertiary/aromatic N) is 8. The van der Waals surface area contributed by atoms with Crippen molar-refractivity contribution in [1.82, 2.24) is 39.7 Å². The molecule has 0 spiro atoms.